The number of benzene rings is 2. The van der Waals surface area contributed by atoms with E-state index in [0.29, 0.717) is 21.2 Å². The Labute approximate surface area is 108 Å². The van der Waals surface area contributed by atoms with Crippen LogP contribution in [0.15, 0.2) is 30.3 Å². The molecule has 0 aliphatic carbocycles. The zero-order valence-electron chi connectivity index (χ0n) is 7.90. The second-order valence-corrected chi connectivity index (χ2v) is 4.34. The smallest absolute Gasteiger partial charge is 0.150 e. The van der Waals surface area contributed by atoms with Gasteiger partial charge in [0, 0.05) is 11.6 Å². The van der Waals surface area contributed by atoms with E-state index in [2.05, 4.69) is 6.07 Å². The SMILES string of the molecule is Fc1[c]ccc(-c2ccc(Cl)c(Cl)c2)c1Cl. The van der Waals surface area contributed by atoms with E-state index in [1.165, 1.54) is 6.07 Å². The maximum absolute atomic E-state index is 13.2. The monoisotopic (exact) mass is 273 g/mol. The van der Waals surface area contributed by atoms with Gasteiger partial charge in [-0.25, -0.2) is 4.39 Å². The van der Waals surface area contributed by atoms with E-state index < -0.39 is 5.82 Å². The molecule has 16 heavy (non-hydrogen) atoms. The van der Waals surface area contributed by atoms with Crippen LogP contribution in [0.5, 0.6) is 0 Å². The molecule has 0 bridgehead atoms. The Morgan fingerprint density at radius 2 is 1.75 bits per heavy atom. The summed E-state index contributed by atoms with van der Waals surface area (Å²) in [6.07, 6.45) is 0. The van der Waals surface area contributed by atoms with Gasteiger partial charge in [0.2, 0.25) is 0 Å². The molecule has 81 valence electrons. The average molecular weight is 275 g/mol. The molecule has 0 spiro atoms. The molecule has 2 aromatic rings. The van der Waals surface area contributed by atoms with E-state index in [1.54, 1.807) is 24.3 Å². The van der Waals surface area contributed by atoms with Crippen molar-refractivity contribution in [1.29, 1.82) is 0 Å². The van der Waals surface area contributed by atoms with Crippen molar-refractivity contribution in [3.05, 3.63) is 57.3 Å². The van der Waals surface area contributed by atoms with Gasteiger partial charge in [0.1, 0.15) is 5.82 Å². The van der Waals surface area contributed by atoms with Gasteiger partial charge in [0.25, 0.3) is 0 Å². The molecule has 4 heteroatoms. The first-order valence-electron chi connectivity index (χ1n) is 4.40. The molecule has 2 aromatic carbocycles. The van der Waals surface area contributed by atoms with Crippen molar-refractivity contribution in [3.8, 4) is 11.1 Å². The molecule has 0 aromatic heterocycles. The minimum absolute atomic E-state index is 0.0286. The summed E-state index contributed by atoms with van der Waals surface area (Å²) < 4.78 is 13.2. The van der Waals surface area contributed by atoms with Crippen molar-refractivity contribution >= 4 is 34.8 Å². The Bertz CT molecular complexity index is 538. The summed E-state index contributed by atoms with van der Waals surface area (Å²) in [4.78, 5) is 0. The van der Waals surface area contributed by atoms with Crippen molar-refractivity contribution in [1.82, 2.24) is 0 Å². The first kappa shape index (κ1) is 11.7. The highest BCUT2D eigenvalue weighted by atomic mass is 35.5. The number of halogens is 4. The second kappa shape index (κ2) is 4.62. The summed E-state index contributed by atoms with van der Waals surface area (Å²) in [5, 5.41) is 0.883. The van der Waals surface area contributed by atoms with Gasteiger partial charge in [-0.2, -0.15) is 0 Å². The van der Waals surface area contributed by atoms with Crippen molar-refractivity contribution in [2.75, 3.05) is 0 Å². The lowest BCUT2D eigenvalue weighted by molar-refractivity contribution is 0.626. The lowest BCUT2D eigenvalue weighted by Gasteiger charge is -2.06. The van der Waals surface area contributed by atoms with Crippen LogP contribution in [0.1, 0.15) is 0 Å². The van der Waals surface area contributed by atoms with Crippen LogP contribution in [0.25, 0.3) is 11.1 Å². The molecule has 0 nitrogen and oxygen atoms in total. The van der Waals surface area contributed by atoms with Gasteiger partial charge in [0.05, 0.1) is 15.1 Å². The highest BCUT2D eigenvalue weighted by molar-refractivity contribution is 6.42. The molecule has 0 atom stereocenters. The molecule has 0 saturated heterocycles. The summed E-state index contributed by atoms with van der Waals surface area (Å²) in [6, 6.07) is 10.5. The molecule has 0 fully saturated rings. The normalized spacial score (nSPS) is 10.5. The molecule has 0 aliphatic heterocycles. The predicted molar refractivity (Wildman–Crippen MR) is 65.7 cm³/mol. The van der Waals surface area contributed by atoms with Crippen molar-refractivity contribution in [2.24, 2.45) is 0 Å². The topological polar surface area (TPSA) is 0 Å². The highest BCUT2D eigenvalue weighted by Gasteiger charge is 2.09. The molecule has 0 aliphatic rings. The third-order valence-electron chi connectivity index (χ3n) is 2.12. The van der Waals surface area contributed by atoms with E-state index in [4.69, 9.17) is 34.8 Å². The molecule has 0 amide bonds. The van der Waals surface area contributed by atoms with Crippen molar-refractivity contribution in [3.63, 3.8) is 0 Å². The van der Waals surface area contributed by atoms with Crippen LogP contribution in [0.4, 0.5) is 4.39 Å². The van der Waals surface area contributed by atoms with Crippen LogP contribution >= 0.6 is 34.8 Å². The van der Waals surface area contributed by atoms with Crippen LogP contribution in [0.3, 0.4) is 0 Å². The standard InChI is InChI=1S/C12H5Cl3F/c13-9-5-4-7(6-10(9)14)8-2-1-3-11(16)12(8)15/h1-2,4-6H. The Balaban J connectivity index is 2.59. The fourth-order valence-electron chi connectivity index (χ4n) is 1.34. The summed E-state index contributed by atoms with van der Waals surface area (Å²) in [6.45, 7) is 0. The zero-order valence-corrected chi connectivity index (χ0v) is 10.2. The predicted octanol–water partition coefficient (Wildman–Crippen LogP) is 5.25. The molecular formula is C12H5Cl3F. The number of hydrogen-bond acceptors (Lipinski definition) is 0. The molecular weight excluding hydrogens is 269 g/mol. The lowest BCUT2D eigenvalue weighted by atomic mass is 10.1. The molecule has 0 N–H and O–H groups in total. The molecule has 0 unspecified atom stereocenters. The molecule has 0 saturated carbocycles. The third kappa shape index (κ3) is 2.17. The maximum atomic E-state index is 13.2. The third-order valence-corrected chi connectivity index (χ3v) is 3.23. The first-order valence-corrected chi connectivity index (χ1v) is 5.54. The Kier molecular flexibility index (Phi) is 3.38. The zero-order chi connectivity index (χ0) is 11.7. The summed E-state index contributed by atoms with van der Waals surface area (Å²) in [7, 11) is 0. The van der Waals surface area contributed by atoms with Gasteiger partial charge in [-0.05, 0) is 17.7 Å². The van der Waals surface area contributed by atoms with Gasteiger partial charge in [0.15, 0.2) is 0 Å². The number of rotatable bonds is 1. The minimum Gasteiger partial charge on any atom is -0.205 e. The van der Waals surface area contributed by atoms with Gasteiger partial charge in [-0.1, -0.05) is 53.0 Å². The van der Waals surface area contributed by atoms with Crippen LogP contribution in [-0.2, 0) is 0 Å². The van der Waals surface area contributed by atoms with Gasteiger partial charge in [-0.3, -0.25) is 0 Å². The Morgan fingerprint density at radius 3 is 2.44 bits per heavy atom. The Morgan fingerprint density at radius 1 is 1.00 bits per heavy atom. The van der Waals surface area contributed by atoms with Gasteiger partial charge in [-0.15, -0.1) is 0 Å². The quantitative estimate of drug-likeness (QED) is 0.666. The average Bonchev–Trinajstić information content (AvgIpc) is 2.26. The highest BCUT2D eigenvalue weighted by Crippen LogP contribution is 2.33. The second-order valence-electron chi connectivity index (χ2n) is 3.15. The van der Waals surface area contributed by atoms with E-state index >= 15 is 0 Å². The van der Waals surface area contributed by atoms with Gasteiger partial charge < -0.3 is 0 Å². The molecule has 0 heterocycles. The summed E-state index contributed by atoms with van der Waals surface area (Å²) in [5.41, 5.74) is 1.28. The van der Waals surface area contributed by atoms with Crippen molar-refractivity contribution < 1.29 is 4.39 Å². The largest absolute Gasteiger partial charge is 0.205 e. The number of hydrogen-bond donors (Lipinski definition) is 0. The minimum atomic E-state index is -0.578. The van der Waals surface area contributed by atoms with E-state index in [9.17, 15) is 4.39 Å². The van der Waals surface area contributed by atoms with E-state index in [0.717, 1.165) is 0 Å². The van der Waals surface area contributed by atoms with Crippen molar-refractivity contribution in [2.45, 2.75) is 0 Å². The lowest BCUT2D eigenvalue weighted by Crippen LogP contribution is -1.84. The van der Waals surface area contributed by atoms with E-state index in [-0.39, 0.29) is 5.02 Å². The van der Waals surface area contributed by atoms with Crippen LogP contribution in [0.2, 0.25) is 15.1 Å². The summed E-state index contributed by atoms with van der Waals surface area (Å²) >= 11 is 17.5. The fourth-order valence-corrected chi connectivity index (χ4v) is 1.86. The van der Waals surface area contributed by atoms with Crippen LogP contribution in [-0.4, -0.2) is 0 Å². The fraction of sp³-hybridized carbons (Fsp3) is 0. The van der Waals surface area contributed by atoms with Crippen LogP contribution in [0, 0.1) is 11.9 Å². The summed E-state index contributed by atoms with van der Waals surface area (Å²) in [5.74, 6) is -0.578. The first-order chi connectivity index (χ1) is 7.59. The maximum Gasteiger partial charge on any atom is 0.150 e. The van der Waals surface area contributed by atoms with E-state index in [1.807, 2.05) is 0 Å². The molecule has 1 radical (unpaired) electrons. The van der Waals surface area contributed by atoms with Gasteiger partial charge >= 0.3 is 0 Å². The molecule has 2 rings (SSSR count). The Hall–Kier alpha value is -0.760. The van der Waals surface area contributed by atoms with Crippen LogP contribution < -0.4 is 0 Å².